The Morgan fingerprint density at radius 3 is 2.44 bits per heavy atom. The minimum atomic E-state index is -1.09. The molecular weight excluding hydrogens is 363 g/mol. The van der Waals surface area contributed by atoms with Crippen LogP contribution in [0.1, 0.15) is 12.5 Å². The van der Waals surface area contributed by atoms with Gasteiger partial charge in [-0.05, 0) is 42.8 Å². The molecule has 2 aromatic carbocycles. The molecule has 0 unspecified atom stereocenters. The van der Waals surface area contributed by atoms with Gasteiger partial charge in [-0.2, -0.15) is 0 Å². The highest BCUT2D eigenvalue weighted by Gasteiger charge is 2.22. The summed E-state index contributed by atoms with van der Waals surface area (Å²) in [4.78, 5) is 12.0. The molecular formula is C18H20Cl2N2O3. The van der Waals surface area contributed by atoms with Crippen molar-refractivity contribution in [2.75, 3.05) is 19.0 Å². The lowest BCUT2D eigenvalue weighted by atomic mass is 9.96. The highest BCUT2D eigenvalue weighted by molar-refractivity contribution is 6.42. The number of nitrogens with one attached hydrogen (secondary N) is 2. The largest absolute Gasteiger partial charge is 0.497 e. The lowest BCUT2D eigenvalue weighted by Gasteiger charge is -2.24. The molecule has 0 radical (unpaired) electrons. The number of urea groups is 1. The van der Waals surface area contributed by atoms with Crippen LogP contribution in [-0.4, -0.2) is 30.4 Å². The van der Waals surface area contributed by atoms with Crippen LogP contribution in [0.3, 0.4) is 0 Å². The van der Waals surface area contributed by atoms with Crippen LogP contribution in [0, 0.1) is 0 Å². The Labute approximate surface area is 156 Å². The zero-order valence-electron chi connectivity index (χ0n) is 14.0. The lowest BCUT2D eigenvalue weighted by molar-refractivity contribution is 0.0629. The average Bonchev–Trinajstić information content (AvgIpc) is 2.57. The Hall–Kier alpha value is -1.95. The van der Waals surface area contributed by atoms with E-state index in [2.05, 4.69) is 10.6 Å². The van der Waals surface area contributed by atoms with E-state index in [1.807, 2.05) is 24.3 Å². The number of anilines is 1. The van der Waals surface area contributed by atoms with Crippen LogP contribution in [-0.2, 0) is 6.42 Å². The van der Waals surface area contributed by atoms with Gasteiger partial charge in [-0.25, -0.2) is 4.79 Å². The minimum absolute atomic E-state index is 0.0895. The second-order valence-corrected chi connectivity index (χ2v) is 6.77. The van der Waals surface area contributed by atoms with E-state index < -0.39 is 11.6 Å². The van der Waals surface area contributed by atoms with Gasteiger partial charge in [0.2, 0.25) is 0 Å². The van der Waals surface area contributed by atoms with Crippen molar-refractivity contribution in [3.63, 3.8) is 0 Å². The van der Waals surface area contributed by atoms with Crippen LogP contribution in [0.5, 0.6) is 5.75 Å². The Bertz CT molecular complexity index is 734. The third kappa shape index (κ3) is 6.12. The molecule has 0 saturated heterocycles. The smallest absolute Gasteiger partial charge is 0.319 e. The Balaban J connectivity index is 1.87. The molecule has 0 aliphatic rings. The maximum atomic E-state index is 12.0. The number of halogens is 2. The Morgan fingerprint density at radius 2 is 1.84 bits per heavy atom. The molecule has 2 amide bonds. The molecule has 0 aliphatic heterocycles. The van der Waals surface area contributed by atoms with Gasteiger partial charge in [-0.1, -0.05) is 35.3 Å². The molecule has 7 heteroatoms. The molecule has 0 fully saturated rings. The molecule has 0 saturated carbocycles. The summed E-state index contributed by atoms with van der Waals surface area (Å²) in [6.45, 7) is 1.75. The standard InChI is InChI=1S/C18H20Cl2N2O3/c1-18(24,10-12-3-6-14(25-2)7-4-12)11-21-17(23)22-13-5-8-15(19)16(20)9-13/h3-9,24H,10-11H2,1-2H3,(H2,21,22,23)/t18-/m1/s1. The molecule has 2 rings (SSSR count). The molecule has 134 valence electrons. The average molecular weight is 383 g/mol. The molecule has 2 aromatic rings. The van der Waals surface area contributed by atoms with Gasteiger partial charge in [0.25, 0.3) is 0 Å². The van der Waals surface area contributed by atoms with Crippen molar-refractivity contribution in [3.05, 3.63) is 58.1 Å². The van der Waals surface area contributed by atoms with Gasteiger partial charge >= 0.3 is 6.03 Å². The van der Waals surface area contributed by atoms with E-state index in [4.69, 9.17) is 27.9 Å². The monoisotopic (exact) mass is 382 g/mol. The van der Waals surface area contributed by atoms with Crippen molar-refractivity contribution >= 4 is 34.9 Å². The van der Waals surface area contributed by atoms with Gasteiger partial charge in [0.05, 0.1) is 22.8 Å². The van der Waals surface area contributed by atoms with Gasteiger partial charge in [0, 0.05) is 18.7 Å². The van der Waals surface area contributed by atoms with Crippen LogP contribution in [0.25, 0.3) is 0 Å². The van der Waals surface area contributed by atoms with Crippen LogP contribution >= 0.6 is 23.2 Å². The maximum absolute atomic E-state index is 12.0. The number of rotatable bonds is 6. The SMILES string of the molecule is COc1ccc(C[C@@](C)(O)CNC(=O)Nc2ccc(Cl)c(Cl)c2)cc1. The van der Waals surface area contributed by atoms with Gasteiger partial charge in [-0.3, -0.25) is 0 Å². The first kappa shape index (κ1) is 19.4. The number of carbonyl (C=O) groups is 1. The van der Waals surface area contributed by atoms with Crippen LogP contribution in [0.2, 0.25) is 10.0 Å². The summed E-state index contributed by atoms with van der Waals surface area (Å²) in [6.07, 6.45) is 0.393. The number of ether oxygens (including phenoxy) is 1. The second-order valence-electron chi connectivity index (χ2n) is 5.96. The number of aliphatic hydroxyl groups is 1. The number of carbonyl (C=O) groups excluding carboxylic acids is 1. The first-order chi connectivity index (χ1) is 11.8. The van der Waals surface area contributed by atoms with E-state index in [1.54, 1.807) is 32.2 Å². The number of hydrogen-bond acceptors (Lipinski definition) is 3. The van der Waals surface area contributed by atoms with Crippen molar-refractivity contribution in [2.24, 2.45) is 0 Å². The summed E-state index contributed by atoms with van der Waals surface area (Å²) in [5.74, 6) is 0.752. The lowest BCUT2D eigenvalue weighted by Crippen LogP contribution is -2.43. The summed E-state index contributed by atoms with van der Waals surface area (Å²) >= 11 is 11.7. The molecule has 5 nitrogen and oxygen atoms in total. The summed E-state index contributed by atoms with van der Waals surface area (Å²) in [5, 5.41) is 16.5. The molecule has 1 atom stereocenters. The predicted molar refractivity (Wildman–Crippen MR) is 101 cm³/mol. The maximum Gasteiger partial charge on any atom is 0.319 e. The van der Waals surface area contributed by atoms with Gasteiger partial charge < -0.3 is 20.5 Å². The molecule has 25 heavy (non-hydrogen) atoms. The molecule has 0 aliphatic carbocycles. The van der Waals surface area contributed by atoms with E-state index in [0.29, 0.717) is 22.2 Å². The number of amides is 2. The van der Waals surface area contributed by atoms with Crippen molar-refractivity contribution in [1.82, 2.24) is 5.32 Å². The fraction of sp³-hybridized carbons (Fsp3) is 0.278. The van der Waals surface area contributed by atoms with Crippen molar-refractivity contribution in [1.29, 1.82) is 0 Å². The van der Waals surface area contributed by atoms with Gasteiger partial charge in [-0.15, -0.1) is 0 Å². The van der Waals surface area contributed by atoms with Crippen molar-refractivity contribution < 1.29 is 14.6 Å². The van der Waals surface area contributed by atoms with E-state index in [9.17, 15) is 9.90 Å². The topological polar surface area (TPSA) is 70.6 Å². The second kappa shape index (κ2) is 8.43. The third-order valence-electron chi connectivity index (χ3n) is 3.55. The van der Waals surface area contributed by atoms with Gasteiger partial charge in [0.15, 0.2) is 0 Å². The zero-order valence-corrected chi connectivity index (χ0v) is 15.5. The number of methoxy groups -OCH3 is 1. The highest BCUT2D eigenvalue weighted by Crippen LogP contribution is 2.25. The molecule has 3 N–H and O–H groups in total. The first-order valence-electron chi connectivity index (χ1n) is 7.64. The fourth-order valence-electron chi connectivity index (χ4n) is 2.27. The Kier molecular flexibility index (Phi) is 6.53. The van der Waals surface area contributed by atoms with Crippen molar-refractivity contribution in [3.8, 4) is 5.75 Å². The normalized spacial score (nSPS) is 13.0. The van der Waals surface area contributed by atoms with E-state index >= 15 is 0 Å². The molecule has 0 aromatic heterocycles. The summed E-state index contributed by atoms with van der Waals surface area (Å²) in [5.41, 5.74) is 0.364. The van der Waals surface area contributed by atoms with E-state index in [-0.39, 0.29) is 6.54 Å². The third-order valence-corrected chi connectivity index (χ3v) is 4.29. The van der Waals surface area contributed by atoms with E-state index in [0.717, 1.165) is 11.3 Å². The number of hydrogen-bond donors (Lipinski definition) is 3. The predicted octanol–water partition coefficient (Wildman–Crippen LogP) is 4.12. The van der Waals surface area contributed by atoms with Crippen LogP contribution < -0.4 is 15.4 Å². The first-order valence-corrected chi connectivity index (χ1v) is 8.40. The van der Waals surface area contributed by atoms with Crippen molar-refractivity contribution in [2.45, 2.75) is 18.9 Å². The minimum Gasteiger partial charge on any atom is -0.497 e. The highest BCUT2D eigenvalue weighted by atomic mass is 35.5. The summed E-state index contributed by atoms with van der Waals surface area (Å²) < 4.78 is 5.11. The molecule has 0 bridgehead atoms. The van der Waals surface area contributed by atoms with Crippen LogP contribution in [0.15, 0.2) is 42.5 Å². The number of benzene rings is 2. The van der Waals surface area contributed by atoms with Gasteiger partial charge in [0.1, 0.15) is 5.75 Å². The van der Waals surface area contributed by atoms with Crippen LogP contribution in [0.4, 0.5) is 10.5 Å². The van der Waals surface area contributed by atoms with E-state index in [1.165, 1.54) is 0 Å². The molecule has 0 heterocycles. The zero-order chi connectivity index (χ0) is 18.4. The summed E-state index contributed by atoms with van der Waals surface area (Å²) in [7, 11) is 1.60. The molecule has 0 spiro atoms. The summed E-state index contributed by atoms with van der Waals surface area (Å²) in [6, 6.07) is 11.8. The Morgan fingerprint density at radius 1 is 1.16 bits per heavy atom. The quantitative estimate of drug-likeness (QED) is 0.703. The fourth-order valence-corrected chi connectivity index (χ4v) is 2.56.